The summed E-state index contributed by atoms with van der Waals surface area (Å²) in [5, 5.41) is 11.7. The zero-order valence-electron chi connectivity index (χ0n) is 10.2. The number of amides is 2. The first-order chi connectivity index (χ1) is 9.25. The summed E-state index contributed by atoms with van der Waals surface area (Å²) in [6.07, 6.45) is 3.33. The molecule has 0 bridgehead atoms. The number of rotatable bonds is 5. The molecule has 19 heavy (non-hydrogen) atoms. The zero-order valence-corrected chi connectivity index (χ0v) is 10.2. The molecule has 0 radical (unpaired) electrons. The third kappa shape index (κ3) is 3.95. The Bertz CT molecular complexity index is 537. The summed E-state index contributed by atoms with van der Waals surface area (Å²) >= 11 is 0. The Kier molecular flexibility index (Phi) is 4.28. The van der Waals surface area contributed by atoms with Crippen molar-refractivity contribution in [2.45, 2.75) is 6.54 Å². The van der Waals surface area contributed by atoms with Gasteiger partial charge in [0.2, 0.25) is 5.91 Å². The van der Waals surface area contributed by atoms with E-state index < -0.39 is 0 Å². The van der Waals surface area contributed by atoms with Crippen LogP contribution in [0.5, 0.6) is 0 Å². The fraction of sp³-hybridized carbons (Fsp3) is 0.154. The number of aromatic amines is 1. The van der Waals surface area contributed by atoms with Crippen molar-refractivity contribution in [1.82, 2.24) is 20.8 Å². The minimum Gasteiger partial charge on any atom is -0.350 e. The first-order valence-corrected chi connectivity index (χ1v) is 5.83. The average molecular weight is 258 g/mol. The number of nitrogens with zero attached hydrogens (tertiary/aromatic N) is 1. The number of H-pyrrole nitrogens is 1. The molecule has 3 N–H and O–H groups in total. The summed E-state index contributed by atoms with van der Waals surface area (Å²) in [5.41, 5.74) is 1.41. The molecule has 0 atom stereocenters. The lowest BCUT2D eigenvalue weighted by Crippen LogP contribution is -2.36. The van der Waals surface area contributed by atoms with Gasteiger partial charge in [-0.25, -0.2) is 0 Å². The molecular formula is C13H14N4O2. The van der Waals surface area contributed by atoms with Crippen LogP contribution in [0, 0.1) is 0 Å². The van der Waals surface area contributed by atoms with Gasteiger partial charge in [0.1, 0.15) is 0 Å². The summed E-state index contributed by atoms with van der Waals surface area (Å²) < 4.78 is 0. The van der Waals surface area contributed by atoms with Crippen molar-refractivity contribution in [1.29, 1.82) is 0 Å². The van der Waals surface area contributed by atoms with E-state index in [-0.39, 0.29) is 18.4 Å². The van der Waals surface area contributed by atoms with Crippen LogP contribution < -0.4 is 10.6 Å². The molecule has 2 amide bonds. The van der Waals surface area contributed by atoms with Gasteiger partial charge in [0.25, 0.3) is 5.91 Å². The molecule has 6 nitrogen and oxygen atoms in total. The van der Waals surface area contributed by atoms with Crippen molar-refractivity contribution in [3.63, 3.8) is 0 Å². The van der Waals surface area contributed by atoms with E-state index >= 15 is 0 Å². The molecule has 0 unspecified atom stereocenters. The van der Waals surface area contributed by atoms with E-state index in [1.54, 1.807) is 36.7 Å². The van der Waals surface area contributed by atoms with Crippen LogP contribution in [-0.4, -0.2) is 28.6 Å². The Morgan fingerprint density at radius 2 is 1.95 bits per heavy atom. The third-order valence-corrected chi connectivity index (χ3v) is 2.49. The van der Waals surface area contributed by atoms with Gasteiger partial charge < -0.3 is 10.6 Å². The molecule has 0 aliphatic rings. The van der Waals surface area contributed by atoms with Gasteiger partial charge in [0.05, 0.1) is 12.7 Å². The summed E-state index contributed by atoms with van der Waals surface area (Å²) in [6, 6.07) is 8.76. The lowest BCUT2D eigenvalue weighted by Gasteiger charge is -2.06. The second-order valence-electron chi connectivity index (χ2n) is 3.93. The quantitative estimate of drug-likeness (QED) is 0.728. The van der Waals surface area contributed by atoms with Crippen molar-refractivity contribution in [2.75, 3.05) is 6.54 Å². The highest BCUT2D eigenvalue weighted by Gasteiger charge is 2.07. The summed E-state index contributed by atoms with van der Waals surface area (Å²) in [4.78, 5) is 23.2. The van der Waals surface area contributed by atoms with E-state index in [1.165, 1.54) is 0 Å². The molecule has 6 heteroatoms. The van der Waals surface area contributed by atoms with Crippen LogP contribution in [0.2, 0.25) is 0 Å². The van der Waals surface area contributed by atoms with Gasteiger partial charge in [-0.15, -0.1) is 0 Å². The minimum atomic E-state index is -0.265. The Morgan fingerprint density at radius 1 is 1.16 bits per heavy atom. The number of aromatic nitrogens is 2. The maximum absolute atomic E-state index is 11.7. The zero-order chi connectivity index (χ0) is 13.5. The molecule has 2 aromatic rings. The number of benzene rings is 1. The van der Waals surface area contributed by atoms with Crippen LogP contribution in [0.15, 0.2) is 42.7 Å². The highest BCUT2D eigenvalue weighted by Crippen LogP contribution is 1.97. The van der Waals surface area contributed by atoms with Gasteiger partial charge in [0, 0.05) is 23.9 Å². The molecule has 0 spiro atoms. The Balaban J connectivity index is 1.73. The number of carbonyl (C=O) groups excluding carboxylic acids is 2. The summed E-state index contributed by atoms with van der Waals surface area (Å²) in [6.45, 7) is 0.335. The van der Waals surface area contributed by atoms with Crippen LogP contribution in [0.25, 0.3) is 0 Å². The monoisotopic (exact) mass is 258 g/mol. The van der Waals surface area contributed by atoms with E-state index in [0.29, 0.717) is 12.1 Å². The molecule has 98 valence electrons. The van der Waals surface area contributed by atoms with Crippen molar-refractivity contribution in [3.05, 3.63) is 53.9 Å². The topological polar surface area (TPSA) is 86.9 Å². The largest absolute Gasteiger partial charge is 0.350 e. The first-order valence-electron chi connectivity index (χ1n) is 5.83. The smallest absolute Gasteiger partial charge is 0.251 e. The molecule has 2 rings (SSSR count). The second kappa shape index (κ2) is 6.34. The van der Waals surface area contributed by atoms with E-state index in [2.05, 4.69) is 20.8 Å². The fourth-order valence-corrected chi connectivity index (χ4v) is 1.49. The summed E-state index contributed by atoms with van der Waals surface area (Å²) in [5.74, 6) is -0.510. The number of nitrogens with one attached hydrogen (secondary N) is 3. The van der Waals surface area contributed by atoms with Crippen molar-refractivity contribution >= 4 is 11.8 Å². The molecule has 1 aromatic carbocycles. The lowest BCUT2D eigenvalue weighted by molar-refractivity contribution is -0.120. The Morgan fingerprint density at radius 3 is 2.63 bits per heavy atom. The van der Waals surface area contributed by atoms with Crippen molar-refractivity contribution in [2.24, 2.45) is 0 Å². The average Bonchev–Trinajstić information content (AvgIpc) is 2.96. The van der Waals surface area contributed by atoms with E-state index in [4.69, 9.17) is 0 Å². The molecule has 0 saturated carbocycles. The molecule has 0 saturated heterocycles. The third-order valence-electron chi connectivity index (χ3n) is 2.49. The molecule has 0 aliphatic heterocycles. The van der Waals surface area contributed by atoms with Gasteiger partial charge >= 0.3 is 0 Å². The van der Waals surface area contributed by atoms with Crippen LogP contribution >= 0.6 is 0 Å². The molecule has 0 aliphatic carbocycles. The number of hydrogen-bond acceptors (Lipinski definition) is 3. The van der Waals surface area contributed by atoms with Gasteiger partial charge in [-0.2, -0.15) is 5.10 Å². The number of carbonyl (C=O) groups is 2. The highest BCUT2D eigenvalue weighted by molar-refractivity contribution is 5.96. The highest BCUT2D eigenvalue weighted by atomic mass is 16.2. The van der Waals surface area contributed by atoms with Crippen LogP contribution in [-0.2, 0) is 11.3 Å². The van der Waals surface area contributed by atoms with E-state index in [1.807, 2.05) is 6.07 Å². The Labute approximate surface area is 110 Å². The minimum absolute atomic E-state index is 0.0500. The molecular weight excluding hydrogens is 244 g/mol. The second-order valence-corrected chi connectivity index (χ2v) is 3.93. The molecule has 1 aromatic heterocycles. The van der Waals surface area contributed by atoms with Crippen LogP contribution in [0.4, 0.5) is 0 Å². The molecule has 1 heterocycles. The van der Waals surface area contributed by atoms with Gasteiger partial charge in [0.15, 0.2) is 0 Å². The van der Waals surface area contributed by atoms with Crippen LogP contribution in [0.3, 0.4) is 0 Å². The predicted octanol–water partition coefficient (Wildman–Crippen LogP) is 0.456. The fourth-order valence-electron chi connectivity index (χ4n) is 1.49. The SMILES string of the molecule is O=C(CNC(=O)c1ccccc1)NCc1cn[nH]c1. The normalized spacial score (nSPS) is 9.89. The van der Waals surface area contributed by atoms with Crippen molar-refractivity contribution < 1.29 is 9.59 Å². The standard InChI is InChI=1S/C13H14N4O2/c18-12(14-6-10-7-16-17-8-10)9-15-13(19)11-4-2-1-3-5-11/h1-5,7-8H,6,9H2,(H,14,18)(H,15,19)(H,16,17). The lowest BCUT2D eigenvalue weighted by atomic mass is 10.2. The van der Waals surface area contributed by atoms with Crippen molar-refractivity contribution in [3.8, 4) is 0 Å². The van der Waals surface area contributed by atoms with Gasteiger partial charge in [-0.1, -0.05) is 18.2 Å². The molecule has 0 fully saturated rings. The number of hydrogen-bond donors (Lipinski definition) is 3. The van der Waals surface area contributed by atoms with E-state index in [9.17, 15) is 9.59 Å². The van der Waals surface area contributed by atoms with E-state index in [0.717, 1.165) is 5.56 Å². The first kappa shape index (κ1) is 12.8. The summed E-state index contributed by atoms with van der Waals surface area (Å²) in [7, 11) is 0. The maximum atomic E-state index is 11.7. The van der Waals surface area contributed by atoms with Crippen LogP contribution in [0.1, 0.15) is 15.9 Å². The van der Waals surface area contributed by atoms with Gasteiger partial charge in [-0.3, -0.25) is 14.7 Å². The Hall–Kier alpha value is -2.63. The maximum Gasteiger partial charge on any atom is 0.251 e. The van der Waals surface area contributed by atoms with Gasteiger partial charge in [-0.05, 0) is 12.1 Å². The predicted molar refractivity (Wildman–Crippen MR) is 69.2 cm³/mol.